The highest BCUT2D eigenvalue weighted by molar-refractivity contribution is 8.00. The van der Waals surface area contributed by atoms with Gasteiger partial charge < -0.3 is 11.1 Å². The Hall–Kier alpha value is -1.53. The Kier molecular flexibility index (Phi) is 4.00. The number of anilines is 2. The smallest absolute Gasteiger partial charge is 0.236 e. The molecule has 2 rings (SSSR count). The van der Waals surface area contributed by atoms with Crippen molar-refractivity contribution < 1.29 is 4.79 Å². The molecule has 4 nitrogen and oxygen atoms in total. The van der Waals surface area contributed by atoms with Crippen molar-refractivity contribution >= 4 is 39.8 Å². The van der Waals surface area contributed by atoms with Crippen LogP contribution >= 0.6 is 23.1 Å². The summed E-state index contributed by atoms with van der Waals surface area (Å²) in [6, 6.07) is 7.44. The van der Waals surface area contributed by atoms with E-state index in [9.17, 15) is 4.79 Å². The van der Waals surface area contributed by atoms with Gasteiger partial charge >= 0.3 is 0 Å². The van der Waals surface area contributed by atoms with Crippen LogP contribution in [0.3, 0.4) is 0 Å². The van der Waals surface area contributed by atoms with Crippen LogP contribution in [0.2, 0.25) is 0 Å². The van der Waals surface area contributed by atoms with E-state index >= 15 is 0 Å². The van der Waals surface area contributed by atoms with Crippen LogP contribution in [-0.2, 0) is 4.79 Å². The Bertz CT molecular complexity index is 482. The van der Waals surface area contributed by atoms with Crippen LogP contribution in [0.1, 0.15) is 0 Å². The highest BCUT2D eigenvalue weighted by Gasteiger charge is 2.04. The molecule has 0 aliphatic rings. The van der Waals surface area contributed by atoms with Gasteiger partial charge in [0.2, 0.25) is 5.91 Å². The van der Waals surface area contributed by atoms with Crippen LogP contribution in [-0.4, -0.2) is 16.6 Å². The molecule has 0 aliphatic heterocycles. The lowest BCUT2D eigenvalue weighted by atomic mass is 10.3. The monoisotopic (exact) mass is 265 g/mol. The van der Waals surface area contributed by atoms with E-state index in [4.69, 9.17) is 5.73 Å². The molecule has 1 aromatic heterocycles. The van der Waals surface area contributed by atoms with Crippen LogP contribution in [0.4, 0.5) is 10.8 Å². The highest BCUT2D eigenvalue weighted by Crippen LogP contribution is 2.19. The summed E-state index contributed by atoms with van der Waals surface area (Å²) >= 11 is 2.87. The molecule has 0 aliphatic carbocycles. The SMILES string of the molecule is Nc1ccc(SCC(=O)Nc2nccs2)cc1. The molecule has 17 heavy (non-hydrogen) atoms. The van der Waals surface area contributed by atoms with E-state index in [1.165, 1.54) is 23.1 Å². The molecule has 0 fully saturated rings. The topological polar surface area (TPSA) is 68.0 Å². The Labute approximate surface area is 107 Å². The van der Waals surface area contributed by atoms with Gasteiger partial charge in [-0.25, -0.2) is 4.98 Å². The third kappa shape index (κ3) is 3.76. The minimum absolute atomic E-state index is 0.0539. The molecule has 0 unspecified atom stereocenters. The second kappa shape index (κ2) is 5.70. The molecule has 1 amide bonds. The Morgan fingerprint density at radius 2 is 2.18 bits per heavy atom. The van der Waals surface area contributed by atoms with Gasteiger partial charge in [0, 0.05) is 22.2 Å². The van der Waals surface area contributed by atoms with Gasteiger partial charge in [-0.15, -0.1) is 23.1 Å². The van der Waals surface area contributed by atoms with E-state index in [1.54, 1.807) is 6.20 Å². The number of nitrogens with two attached hydrogens (primary N) is 1. The summed E-state index contributed by atoms with van der Waals surface area (Å²) in [5.74, 6) is 0.311. The zero-order valence-electron chi connectivity index (χ0n) is 8.92. The number of nitrogens with zero attached hydrogens (tertiary/aromatic N) is 1. The van der Waals surface area contributed by atoms with E-state index in [0.717, 1.165) is 10.6 Å². The zero-order valence-corrected chi connectivity index (χ0v) is 10.6. The van der Waals surface area contributed by atoms with E-state index in [-0.39, 0.29) is 5.91 Å². The minimum atomic E-state index is -0.0539. The van der Waals surface area contributed by atoms with E-state index in [1.807, 2.05) is 29.6 Å². The molecular formula is C11H11N3OS2. The molecule has 0 radical (unpaired) electrons. The van der Waals surface area contributed by atoms with Crippen LogP contribution in [0.25, 0.3) is 0 Å². The first-order valence-corrected chi connectivity index (χ1v) is 6.78. The van der Waals surface area contributed by atoms with Crippen molar-refractivity contribution in [2.45, 2.75) is 4.90 Å². The van der Waals surface area contributed by atoms with Crippen molar-refractivity contribution in [1.29, 1.82) is 0 Å². The van der Waals surface area contributed by atoms with Crippen LogP contribution in [0.15, 0.2) is 40.7 Å². The van der Waals surface area contributed by atoms with Crippen LogP contribution in [0.5, 0.6) is 0 Å². The van der Waals surface area contributed by atoms with Crippen LogP contribution in [0, 0.1) is 0 Å². The van der Waals surface area contributed by atoms with E-state index in [2.05, 4.69) is 10.3 Å². The Morgan fingerprint density at radius 3 is 2.82 bits per heavy atom. The maximum absolute atomic E-state index is 11.6. The normalized spacial score (nSPS) is 10.1. The summed E-state index contributed by atoms with van der Waals surface area (Å²) in [4.78, 5) is 16.6. The van der Waals surface area contributed by atoms with Crippen molar-refractivity contribution in [1.82, 2.24) is 4.98 Å². The lowest BCUT2D eigenvalue weighted by Gasteiger charge is -2.02. The number of thioether (sulfide) groups is 1. The predicted octanol–water partition coefficient (Wildman–Crippen LogP) is 2.46. The summed E-state index contributed by atoms with van der Waals surface area (Å²) in [5, 5.41) is 5.18. The summed E-state index contributed by atoms with van der Waals surface area (Å²) in [6.45, 7) is 0. The molecular weight excluding hydrogens is 254 g/mol. The minimum Gasteiger partial charge on any atom is -0.399 e. The molecule has 3 N–H and O–H groups in total. The fourth-order valence-electron chi connectivity index (χ4n) is 1.15. The maximum atomic E-state index is 11.6. The van der Waals surface area contributed by atoms with Gasteiger partial charge in [0.1, 0.15) is 0 Å². The van der Waals surface area contributed by atoms with Crippen molar-refractivity contribution in [3.63, 3.8) is 0 Å². The second-order valence-corrected chi connectivity index (χ2v) is 5.19. The van der Waals surface area contributed by atoms with Crippen LogP contribution < -0.4 is 11.1 Å². The lowest BCUT2D eigenvalue weighted by molar-refractivity contribution is -0.113. The largest absolute Gasteiger partial charge is 0.399 e. The molecule has 0 saturated carbocycles. The molecule has 2 aromatic rings. The number of carbonyl (C=O) groups excluding carboxylic acids is 1. The van der Waals surface area contributed by atoms with Crippen molar-refractivity contribution in [3.05, 3.63) is 35.8 Å². The number of benzene rings is 1. The van der Waals surface area contributed by atoms with Gasteiger partial charge in [0.15, 0.2) is 5.13 Å². The second-order valence-electron chi connectivity index (χ2n) is 3.24. The molecule has 88 valence electrons. The zero-order chi connectivity index (χ0) is 12.1. The third-order valence-electron chi connectivity index (χ3n) is 1.93. The third-order valence-corrected chi connectivity index (χ3v) is 3.63. The standard InChI is InChI=1S/C11H11N3OS2/c12-8-1-3-9(4-2-8)17-7-10(15)14-11-13-5-6-16-11/h1-6H,7,12H2,(H,13,14,15). The van der Waals surface area contributed by atoms with Gasteiger partial charge in [0.25, 0.3) is 0 Å². The summed E-state index contributed by atoms with van der Waals surface area (Å²) in [7, 11) is 0. The average Bonchev–Trinajstić information content (AvgIpc) is 2.81. The number of nitrogens with one attached hydrogen (secondary N) is 1. The number of thiazole rings is 1. The van der Waals surface area contributed by atoms with Gasteiger partial charge in [-0.3, -0.25) is 4.79 Å². The number of nitrogen functional groups attached to an aromatic ring is 1. The molecule has 1 aromatic carbocycles. The first-order valence-electron chi connectivity index (χ1n) is 4.92. The number of aromatic nitrogens is 1. The predicted molar refractivity (Wildman–Crippen MR) is 72.3 cm³/mol. The van der Waals surface area contributed by atoms with E-state index < -0.39 is 0 Å². The fourth-order valence-corrected chi connectivity index (χ4v) is 2.40. The number of hydrogen-bond donors (Lipinski definition) is 2. The van der Waals surface area contributed by atoms with E-state index in [0.29, 0.717) is 10.9 Å². The summed E-state index contributed by atoms with van der Waals surface area (Å²) < 4.78 is 0. The molecule has 0 atom stereocenters. The molecule has 1 heterocycles. The quantitative estimate of drug-likeness (QED) is 0.658. The average molecular weight is 265 g/mol. The van der Waals surface area contributed by atoms with Gasteiger partial charge in [-0.05, 0) is 24.3 Å². The van der Waals surface area contributed by atoms with Crippen molar-refractivity contribution in [3.8, 4) is 0 Å². The van der Waals surface area contributed by atoms with Gasteiger partial charge in [-0.2, -0.15) is 0 Å². The molecule has 6 heteroatoms. The highest BCUT2D eigenvalue weighted by atomic mass is 32.2. The Balaban J connectivity index is 1.82. The first kappa shape index (κ1) is 11.9. The number of rotatable bonds is 4. The Morgan fingerprint density at radius 1 is 1.41 bits per heavy atom. The molecule has 0 bridgehead atoms. The number of amides is 1. The summed E-state index contributed by atoms with van der Waals surface area (Å²) in [5.41, 5.74) is 6.30. The fraction of sp³-hybridized carbons (Fsp3) is 0.0909. The van der Waals surface area contributed by atoms with Gasteiger partial charge in [-0.1, -0.05) is 0 Å². The summed E-state index contributed by atoms with van der Waals surface area (Å²) in [6.07, 6.45) is 1.66. The first-order chi connectivity index (χ1) is 8.24. The molecule has 0 spiro atoms. The lowest BCUT2D eigenvalue weighted by Crippen LogP contribution is -2.13. The number of hydrogen-bond acceptors (Lipinski definition) is 5. The molecule has 0 saturated heterocycles. The van der Waals surface area contributed by atoms with Crippen molar-refractivity contribution in [2.75, 3.05) is 16.8 Å². The number of carbonyl (C=O) groups is 1. The van der Waals surface area contributed by atoms with Crippen molar-refractivity contribution in [2.24, 2.45) is 0 Å². The maximum Gasteiger partial charge on any atom is 0.236 e. The van der Waals surface area contributed by atoms with Gasteiger partial charge in [0.05, 0.1) is 5.75 Å².